The molecule has 26 heavy (non-hydrogen) atoms. The van der Waals surface area contributed by atoms with Crippen molar-refractivity contribution >= 4 is 34.3 Å². The monoisotopic (exact) mass is 466 g/mol. The first-order chi connectivity index (χ1) is 12.2. The lowest BCUT2D eigenvalue weighted by Crippen LogP contribution is -2.56. The van der Waals surface area contributed by atoms with Crippen LogP contribution in [0, 0.1) is 16.7 Å². The zero-order valence-corrected chi connectivity index (χ0v) is 17.9. The van der Waals surface area contributed by atoms with Crippen LogP contribution in [-0.2, 0) is 14.3 Å². The van der Waals surface area contributed by atoms with Crippen molar-refractivity contribution in [3.8, 4) is 0 Å². The lowest BCUT2D eigenvalue weighted by Gasteiger charge is -2.59. The quantitative estimate of drug-likeness (QED) is 0.217. The summed E-state index contributed by atoms with van der Waals surface area (Å²) in [6.45, 7) is 4.75. The van der Waals surface area contributed by atoms with Crippen LogP contribution in [0.25, 0.3) is 0 Å². The van der Waals surface area contributed by atoms with E-state index in [0.29, 0.717) is 24.5 Å². The molecule has 0 aromatic heterocycles. The molecule has 1 saturated heterocycles. The molecule has 4 heteroatoms. The highest BCUT2D eigenvalue weighted by atomic mass is 127. The Morgan fingerprint density at radius 1 is 1.08 bits per heavy atom. The van der Waals surface area contributed by atoms with E-state index in [-0.39, 0.29) is 25.8 Å². The zero-order valence-electron chi connectivity index (χ0n) is 15.7. The standard InChI is InChI=1S/C22H27IO3/c1-19-8-4-15(24)13-14(19)3-12-22(23)16(19)5-9-20(2)17(22)6-10-21(20)11-7-18(25)26-21/h5,13,17H,3-4,6-12H2,1-2H3. The van der Waals surface area contributed by atoms with Crippen molar-refractivity contribution in [1.82, 2.24) is 0 Å². The van der Waals surface area contributed by atoms with Gasteiger partial charge in [0.15, 0.2) is 5.78 Å². The lowest BCUT2D eigenvalue weighted by molar-refractivity contribution is -0.159. The summed E-state index contributed by atoms with van der Waals surface area (Å²) in [5, 5.41) is 0. The van der Waals surface area contributed by atoms with Gasteiger partial charge in [-0.1, -0.05) is 48.1 Å². The Morgan fingerprint density at radius 3 is 2.62 bits per heavy atom. The molecule has 5 aliphatic rings. The van der Waals surface area contributed by atoms with Crippen molar-refractivity contribution < 1.29 is 14.3 Å². The smallest absolute Gasteiger partial charge is 0.306 e. The second-order valence-electron chi connectivity index (χ2n) is 9.63. The maximum Gasteiger partial charge on any atom is 0.306 e. The van der Waals surface area contributed by atoms with Crippen molar-refractivity contribution in [1.29, 1.82) is 0 Å². The molecule has 1 aliphatic heterocycles. The molecule has 4 aliphatic carbocycles. The molecule has 0 aromatic rings. The number of rotatable bonds is 0. The van der Waals surface area contributed by atoms with E-state index >= 15 is 0 Å². The second-order valence-corrected chi connectivity index (χ2v) is 11.6. The van der Waals surface area contributed by atoms with Gasteiger partial charge < -0.3 is 4.74 Å². The fraction of sp³-hybridized carbons (Fsp3) is 0.727. The van der Waals surface area contributed by atoms with Crippen LogP contribution in [0.15, 0.2) is 23.3 Å². The third kappa shape index (κ3) is 1.95. The third-order valence-corrected chi connectivity index (χ3v) is 10.6. The molecule has 0 bridgehead atoms. The van der Waals surface area contributed by atoms with Crippen LogP contribution in [0.5, 0.6) is 0 Å². The summed E-state index contributed by atoms with van der Waals surface area (Å²) in [7, 11) is 0. The summed E-state index contributed by atoms with van der Waals surface area (Å²) < 4.78 is 6.16. The van der Waals surface area contributed by atoms with Gasteiger partial charge in [0.25, 0.3) is 0 Å². The Balaban J connectivity index is 1.61. The highest BCUT2D eigenvalue weighted by Crippen LogP contribution is 2.71. The van der Waals surface area contributed by atoms with Crippen LogP contribution in [0.2, 0.25) is 0 Å². The average molecular weight is 466 g/mol. The van der Waals surface area contributed by atoms with Crippen molar-refractivity contribution in [3.05, 3.63) is 23.3 Å². The van der Waals surface area contributed by atoms with Gasteiger partial charge >= 0.3 is 5.97 Å². The summed E-state index contributed by atoms with van der Waals surface area (Å²) in [4.78, 5) is 24.0. The van der Waals surface area contributed by atoms with E-state index in [1.54, 1.807) is 5.57 Å². The number of alkyl halides is 1. The van der Waals surface area contributed by atoms with Crippen molar-refractivity contribution in [2.24, 2.45) is 16.7 Å². The molecular formula is C22H27IO3. The van der Waals surface area contributed by atoms with E-state index in [1.807, 2.05) is 6.08 Å². The van der Waals surface area contributed by atoms with Crippen LogP contribution in [0.1, 0.15) is 71.6 Å². The average Bonchev–Trinajstić information content (AvgIpc) is 3.10. The molecule has 5 unspecified atom stereocenters. The Labute approximate surface area is 169 Å². The molecule has 0 N–H and O–H groups in total. The Hall–Kier alpha value is -0.650. The van der Waals surface area contributed by atoms with Crippen LogP contribution in [0.3, 0.4) is 0 Å². The summed E-state index contributed by atoms with van der Waals surface area (Å²) in [6.07, 6.45) is 12.9. The van der Waals surface area contributed by atoms with Crippen molar-refractivity contribution in [3.63, 3.8) is 0 Å². The first-order valence-corrected chi connectivity index (χ1v) is 11.2. The predicted molar refractivity (Wildman–Crippen MR) is 108 cm³/mol. The number of fused-ring (bicyclic) bond motifs is 6. The van der Waals surface area contributed by atoms with Gasteiger partial charge in [0.1, 0.15) is 5.60 Å². The van der Waals surface area contributed by atoms with E-state index < -0.39 is 0 Å². The van der Waals surface area contributed by atoms with E-state index in [0.717, 1.165) is 44.9 Å². The minimum absolute atomic E-state index is 0.00391. The number of ether oxygens (including phenoxy) is 1. The van der Waals surface area contributed by atoms with E-state index in [4.69, 9.17) is 4.74 Å². The van der Waals surface area contributed by atoms with Crippen molar-refractivity contribution in [2.45, 2.75) is 80.7 Å². The Kier molecular flexibility index (Phi) is 3.51. The number of carbonyl (C=O) groups is 2. The maximum absolute atomic E-state index is 12.0. The molecule has 1 heterocycles. The van der Waals surface area contributed by atoms with Gasteiger partial charge in [0.05, 0.1) is 0 Å². The minimum atomic E-state index is -0.242. The number of carbonyl (C=O) groups excluding carboxylic acids is 2. The van der Waals surface area contributed by atoms with Crippen LogP contribution >= 0.6 is 22.6 Å². The molecule has 2 saturated carbocycles. The molecule has 0 aromatic carbocycles. The SMILES string of the molecule is CC12CCC(=O)C=C1CCC1(I)C2=CCC2(C)C1CCC21CCC(=O)O1. The number of hydrogen-bond acceptors (Lipinski definition) is 3. The lowest BCUT2D eigenvalue weighted by atomic mass is 9.50. The topological polar surface area (TPSA) is 43.4 Å². The fourth-order valence-electron chi connectivity index (χ4n) is 7.16. The van der Waals surface area contributed by atoms with Gasteiger partial charge in [0, 0.05) is 27.1 Å². The maximum atomic E-state index is 12.0. The number of hydrogen-bond donors (Lipinski definition) is 0. The molecule has 3 nitrogen and oxygen atoms in total. The summed E-state index contributed by atoms with van der Waals surface area (Å²) >= 11 is 2.75. The molecule has 5 atom stereocenters. The molecular weight excluding hydrogens is 439 g/mol. The van der Waals surface area contributed by atoms with Gasteiger partial charge in [-0.2, -0.15) is 0 Å². The van der Waals surface area contributed by atoms with Crippen LogP contribution < -0.4 is 0 Å². The van der Waals surface area contributed by atoms with E-state index in [1.165, 1.54) is 5.57 Å². The molecule has 3 fully saturated rings. The van der Waals surface area contributed by atoms with E-state index in [9.17, 15) is 9.59 Å². The molecule has 1 spiro atoms. The highest BCUT2D eigenvalue weighted by molar-refractivity contribution is 14.1. The molecule has 0 radical (unpaired) electrons. The third-order valence-electron chi connectivity index (χ3n) is 8.69. The molecule has 5 rings (SSSR count). The normalized spacial score (nSPS) is 49.9. The summed E-state index contributed by atoms with van der Waals surface area (Å²) in [5.74, 6) is 0.852. The van der Waals surface area contributed by atoms with Gasteiger partial charge in [-0.25, -0.2) is 0 Å². The predicted octanol–water partition coefficient (Wildman–Crippen LogP) is 5.07. The number of halogens is 1. The first-order valence-electron chi connectivity index (χ1n) is 10.1. The first kappa shape index (κ1) is 17.4. The Morgan fingerprint density at radius 2 is 1.88 bits per heavy atom. The van der Waals surface area contributed by atoms with Crippen LogP contribution in [-0.4, -0.2) is 20.8 Å². The van der Waals surface area contributed by atoms with Gasteiger partial charge in [-0.15, -0.1) is 0 Å². The van der Waals surface area contributed by atoms with Crippen LogP contribution in [0.4, 0.5) is 0 Å². The molecule has 140 valence electrons. The Bertz CT molecular complexity index is 782. The highest BCUT2D eigenvalue weighted by Gasteiger charge is 2.69. The summed E-state index contributed by atoms with van der Waals surface area (Å²) in [6, 6.07) is 0. The second kappa shape index (κ2) is 5.24. The fourth-order valence-corrected chi connectivity index (χ4v) is 9.24. The number of ketones is 1. The summed E-state index contributed by atoms with van der Waals surface area (Å²) in [5.41, 5.74) is 2.78. The van der Waals surface area contributed by atoms with Gasteiger partial charge in [-0.3, -0.25) is 9.59 Å². The van der Waals surface area contributed by atoms with Crippen molar-refractivity contribution in [2.75, 3.05) is 0 Å². The largest absolute Gasteiger partial charge is 0.458 e. The van der Waals surface area contributed by atoms with Gasteiger partial charge in [0.2, 0.25) is 0 Å². The van der Waals surface area contributed by atoms with E-state index in [2.05, 4.69) is 42.5 Å². The molecule has 0 amide bonds. The number of allylic oxidation sites excluding steroid dienone is 4. The zero-order chi connectivity index (χ0) is 18.4. The van der Waals surface area contributed by atoms with Gasteiger partial charge in [-0.05, 0) is 62.5 Å². The minimum Gasteiger partial charge on any atom is -0.458 e. The number of esters is 1.